The molecule has 4 aromatic rings. The number of hydrogen-bond donors (Lipinski definition) is 2. The van der Waals surface area contributed by atoms with Crippen LogP contribution in [-0.4, -0.2) is 56.9 Å². The molecule has 0 saturated heterocycles. The van der Waals surface area contributed by atoms with Crippen LogP contribution < -0.4 is 0 Å². The fourth-order valence-electron chi connectivity index (χ4n) is 4.56. The second kappa shape index (κ2) is 10.2. The van der Waals surface area contributed by atoms with Crippen LogP contribution in [0.4, 0.5) is 0 Å². The van der Waals surface area contributed by atoms with Gasteiger partial charge in [-0.2, -0.15) is 0 Å². The highest BCUT2D eigenvalue weighted by molar-refractivity contribution is 5.98. The highest BCUT2D eigenvalue weighted by atomic mass is 16.3. The average Bonchev–Trinajstić information content (AvgIpc) is 3.21. The third kappa shape index (κ3) is 4.47. The van der Waals surface area contributed by atoms with Crippen molar-refractivity contribution < 1.29 is 15.0 Å². The van der Waals surface area contributed by atoms with Crippen molar-refractivity contribution in [1.82, 2.24) is 14.5 Å². The zero-order valence-corrected chi connectivity index (χ0v) is 20.0. The van der Waals surface area contributed by atoms with Crippen LogP contribution in [0.25, 0.3) is 33.5 Å². The van der Waals surface area contributed by atoms with Gasteiger partial charge < -0.3 is 19.7 Å². The normalized spacial score (nSPS) is 11.2. The number of aryl methyl sites for hydroxylation is 3. The molecule has 3 aromatic carbocycles. The quantitative estimate of drug-likeness (QED) is 0.410. The van der Waals surface area contributed by atoms with E-state index >= 15 is 0 Å². The Hall–Kier alpha value is -3.48. The van der Waals surface area contributed by atoms with Gasteiger partial charge in [-0.1, -0.05) is 48.0 Å². The van der Waals surface area contributed by atoms with Crippen LogP contribution >= 0.6 is 0 Å². The summed E-state index contributed by atoms with van der Waals surface area (Å²) in [5.74, 6) is 0.633. The molecule has 6 heteroatoms. The van der Waals surface area contributed by atoms with Gasteiger partial charge >= 0.3 is 0 Å². The lowest BCUT2D eigenvalue weighted by Crippen LogP contribution is -2.35. The van der Waals surface area contributed by atoms with Crippen LogP contribution in [0.15, 0.2) is 60.7 Å². The van der Waals surface area contributed by atoms with Crippen LogP contribution in [0.5, 0.6) is 0 Å². The number of fused-ring (bicyclic) bond motifs is 1. The first-order valence-corrected chi connectivity index (χ1v) is 11.7. The Morgan fingerprint density at radius 3 is 2.26 bits per heavy atom. The molecular formula is C28H31N3O3. The third-order valence-corrected chi connectivity index (χ3v) is 6.18. The molecule has 4 rings (SSSR count). The van der Waals surface area contributed by atoms with E-state index in [0.717, 1.165) is 34.5 Å². The highest BCUT2D eigenvalue weighted by Gasteiger charge is 2.20. The molecule has 34 heavy (non-hydrogen) atoms. The number of imidazole rings is 1. The highest BCUT2D eigenvalue weighted by Crippen LogP contribution is 2.35. The monoisotopic (exact) mass is 457 g/mol. The number of aromatic nitrogens is 2. The van der Waals surface area contributed by atoms with Crippen molar-refractivity contribution in [2.75, 3.05) is 26.3 Å². The van der Waals surface area contributed by atoms with E-state index in [2.05, 4.69) is 55.7 Å². The van der Waals surface area contributed by atoms with Crippen LogP contribution in [0.3, 0.4) is 0 Å². The van der Waals surface area contributed by atoms with Crippen molar-refractivity contribution in [2.24, 2.45) is 0 Å². The summed E-state index contributed by atoms with van der Waals surface area (Å²) in [6.07, 6.45) is 0. The fourth-order valence-corrected chi connectivity index (χ4v) is 4.56. The third-order valence-electron chi connectivity index (χ3n) is 6.18. The number of aliphatic hydroxyl groups is 2. The lowest BCUT2D eigenvalue weighted by Gasteiger charge is -2.20. The molecule has 1 amide bonds. The predicted octanol–water partition coefficient (Wildman–Crippen LogP) is 4.43. The summed E-state index contributed by atoms with van der Waals surface area (Å²) in [7, 11) is 0. The number of amides is 1. The van der Waals surface area contributed by atoms with E-state index in [-0.39, 0.29) is 32.2 Å². The van der Waals surface area contributed by atoms with Gasteiger partial charge in [-0.15, -0.1) is 0 Å². The van der Waals surface area contributed by atoms with Gasteiger partial charge in [0.1, 0.15) is 5.82 Å². The maximum atomic E-state index is 13.0. The van der Waals surface area contributed by atoms with E-state index in [1.807, 2.05) is 18.2 Å². The van der Waals surface area contributed by atoms with Crippen LogP contribution in [-0.2, 0) is 6.54 Å². The number of hydrogen-bond acceptors (Lipinski definition) is 4. The van der Waals surface area contributed by atoms with Gasteiger partial charge in [0, 0.05) is 30.8 Å². The summed E-state index contributed by atoms with van der Waals surface area (Å²) in [6.45, 7) is 7.10. The second-order valence-corrected chi connectivity index (χ2v) is 8.49. The average molecular weight is 458 g/mol. The maximum absolute atomic E-state index is 13.0. The molecule has 0 saturated carbocycles. The maximum Gasteiger partial charge on any atom is 0.254 e. The minimum Gasteiger partial charge on any atom is -0.395 e. The Morgan fingerprint density at radius 2 is 1.62 bits per heavy atom. The number of carbonyl (C=O) groups is 1. The topological polar surface area (TPSA) is 78.6 Å². The molecule has 0 unspecified atom stereocenters. The standard InChI is InChI=1S/C28H31N3O3/c1-4-31-26-12-10-21(28(34)30(13-15-32)14-16-33)18-25(26)29-27(31)24-8-6-5-7-23(24)22-11-9-19(2)17-20(22)3/h5-12,17-18,32-33H,4,13-16H2,1-3H3. The zero-order valence-electron chi connectivity index (χ0n) is 20.0. The van der Waals surface area contributed by atoms with Gasteiger partial charge in [-0.05, 0) is 55.7 Å². The van der Waals surface area contributed by atoms with Crippen molar-refractivity contribution in [3.8, 4) is 22.5 Å². The molecule has 0 aliphatic heterocycles. The summed E-state index contributed by atoms with van der Waals surface area (Å²) in [5, 5.41) is 18.6. The van der Waals surface area contributed by atoms with E-state index in [1.165, 1.54) is 21.6 Å². The molecule has 0 aliphatic carbocycles. The minimum absolute atomic E-state index is 0.155. The lowest BCUT2D eigenvalue weighted by atomic mass is 9.94. The molecule has 0 spiro atoms. The Bertz CT molecular complexity index is 1320. The van der Waals surface area contributed by atoms with Crippen molar-refractivity contribution in [2.45, 2.75) is 27.3 Å². The molecule has 1 aromatic heterocycles. The molecular weight excluding hydrogens is 426 g/mol. The molecule has 6 nitrogen and oxygen atoms in total. The van der Waals surface area contributed by atoms with Crippen molar-refractivity contribution >= 4 is 16.9 Å². The molecule has 0 aliphatic rings. The van der Waals surface area contributed by atoms with E-state index < -0.39 is 0 Å². The smallest absolute Gasteiger partial charge is 0.254 e. The Kier molecular flexibility index (Phi) is 7.10. The first-order chi connectivity index (χ1) is 16.5. The molecule has 2 N–H and O–H groups in total. The van der Waals surface area contributed by atoms with E-state index in [4.69, 9.17) is 4.98 Å². The zero-order chi connectivity index (χ0) is 24.2. The number of carbonyl (C=O) groups excluding carboxylic acids is 1. The van der Waals surface area contributed by atoms with Gasteiger partial charge in [0.15, 0.2) is 0 Å². The van der Waals surface area contributed by atoms with Crippen molar-refractivity contribution in [3.63, 3.8) is 0 Å². The lowest BCUT2D eigenvalue weighted by molar-refractivity contribution is 0.0685. The predicted molar refractivity (Wildman–Crippen MR) is 136 cm³/mol. The fraction of sp³-hybridized carbons (Fsp3) is 0.286. The van der Waals surface area contributed by atoms with Crippen LogP contribution in [0.2, 0.25) is 0 Å². The SMILES string of the molecule is CCn1c(-c2ccccc2-c2ccc(C)cc2C)nc2cc(C(=O)N(CCO)CCO)ccc21. The van der Waals surface area contributed by atoms with E-state index in [9.17, 15) is 15.0 Å². The molecule has 0 radical (unpaired) electrons. The largest absolute Gasteiger partial charge is 0.395 e. The Morgan fingerprint density at radius 1 is 0.912 bits per heavy atom. The van der Waals surface area contributed by atoms with Gasteiger partial charge in [-0.3, -0.25) is 4.79 Å². The van der Waals surface area contributed by atoms with Gasteiger partial charge in [0.05, 0.1) is 24.2 Å². The Balaban J connectivity index is 1.83. The number of rotatable bonds is 8. The summed E-state index contributed by atoms with van der Waals surface area (Å²) in [5.41, 5.74) is 7.98. The van der Waals surface area contributed by atoms with Crippen LogP contribution in [0, 0.1) is 13.8 Å². The van der Waals surface area contributed by atoms with Gasteiger partial charge in [0.25, 0.3) is 5.91 Å². The number of aliphatic hydroxyl groups excluding tert-OH is 2. The van der Waals surface area contributed by atoms with Gasteiger partial charge in [0.2, 0.25) is 0 Å². The van der Waals surface area contributed by atoms with E-state index in [0.29, 0.717) is 5.56 Å². The minimum atomic E-state index is -0.228. The summed E-state index contributed by atoms with van der Waals surface area (Å²) in [4.78, 5) is 19.4. The molecule has 1 heterocycles. The van der Waals surface area contributed by atoms with Crippen molar-refractivity contribution in [3.05, 3.63) is 77.4 Å². The van der Waals surface area contributed by atoms with E-state index in [1.54, 1.807) is 12.1 Å². The first kappa shape index (κ1) is 23.7. The van der Waals surface area contributed by atoms with Crippen LogP contribution in [0.1, 0.15) is 28.4 Å². The summed E-state index contributed by atoms with van der Waals surface area (Å²) < 4.78 is 2.17. The summed E-state index contributed by atoms with van der Waals surface area (Å²) in [6, 6.07) is 20.3. The van der Waals surface area contributed by atoms with Gasteiger partial charge in [-0.25, -0.2) is 4.98 Å². The molecule has 176 valence electrons. The molecule has 0 fully saturated rings. The molecule has 0 bridgehead atoms. The Labute approximate surface area is 200 Å². The number of nitrogens with zero attached hydrogens (tertiary/aromatic N) is 3. The first-order valence-electron chi connectivity index (χ1n) is 11.7. The second-order valence-electron chi connectivity index (χ2n) is 8.49. The van der Waals surface area contributed by atoms with Crippen molar-refractivity contribution in [1.29, 1.82) is 0 Å². The molecule has 0 atom stereocenters. The number of benzene rings is 3. The summed E-state index contributed by atoms with van der Waals surface area (Å²) >= 11 is 0.